The second-order valence-corrected chi connectivity index (χ2v) is 2.73. The highest BCUT2D eigenvalue weighted by molar-refractivity contribution is 5.84. The Hall–Kier alpha value is -1.30. The molecule has 1 unspecified atom stereocenters. The minimum Gasteiger partial charge on any atom is -0.480 e. The van der Waals surface area contributed by atoms with Crippen LogP contribution in [0.1, 0.15) is 0 Å². The number of carbonyl (C=O) groups excluding carboxylic acids is 1. The van der Waals surface area contributed by atoms with Crippen molar-refractivity contribution in [3.63, 3.8) is 0 Å². The molecule has 0 saturated carbocycles. The molecule has 13 heavy (non-hydrogen) atoms. The Morgan fingerprint density at radius 2 is 2.54 bits per heavy atom. The van der Waals surface area contributed by atoms with Crippen molar-refractivity contribution in [1.82, 2.24) is 10.2 Å². The third-order valence-electron chi connectivity index (χ3n) is 1.88. The summed E-state index contributed by atoms with van der Waals surface area (Å²) in [4.78, 5) is 23.1. The molecular weight excluding hydrogens is 176 g/mol. The van der Waals surface area contributed by atoms with Crippen LogP contribution in [0.25, 0.3) is 0 Å². The SMILES string of the molecule is COCC(C(=O)O)N1CCNC1=O. The lowest BCUT2D eigenvalue weighted by Gasteiger charge is -2.21. The number of nitrogens with one attached hydrogen (secondary N) is 1. The van der Waals surface area contributed by atoms with Crippen LogP contribution in [0, 0.1) is 0 Å². The monoisotopic (exact) mass is 188 g/mol. The Morgan fingerprint density at radius 1 is 1.85 bits per heavy atom. The van der Waals surface area contributed by atoms with E-state index in [-0.39, 0.29) is 12.6 Å². The fourth-order valence-corrected chi connectivity index (χ4v) is 1.24. The Morgan fingerprint density at radius 3 is 2.92 bits per heavy atom. The van der Waals surface area contributed by atoms with E-state index in [0.29, 0.717) is 13.1 Å². The fraction of sp³-hybridized carbons (Fsp3) is 0.714. The van der Waals surface area contributed by atoms with Crippen LogP contribution in [-0.2, 0) is 9.53 Å². The van der Waals surface area contributed by atoms with E-state index in [1.54, 1.807) is 0 Å². The molecule has 0 spiro atoms. The lowest BCUT2D eigenvalue weighted by molar-refractivity contribution is -0.143. The Bertz CT molecular complexity index is 219. The highest BCUT2D eigenvalue weighted by atomic mass is 16.5. The predicted octanol–water partition coefficient (Wildman–Crippen LogP) is -0.889. The molecule has 1 aliphatic rings. The van der Waals surface area contributed by atoms with Crippen LogP contribution < -0.4 is 5.32 Å². The minimum atomic E-state index is -1.04. The van der Waals surface area contributed by atoms with Gasteiger partial charge < -0.3 is 20.1 Å². The van der Waals surface area contributed by atoms with Crippen molar-refractivity contribution in [3.8, 4) is 0 Å². The fourth-order valence-electron chi connectivity index (χ4n) is 1.24. The number of carbonyl (C=O) groups is 2. The average Bonchev–Trinajstić information content (AvgIpc) is 2.47. The zero-order valence-corrected chi connectivity index (χ0v) is 7.32. The summed E-state index contributed by atoms with van der Waals surface area (Å²) >= 11 is 0. The largest absolute Gasteiger partial charge is 0.480 e. The van der Waals surface area contributed by atoms with Crippen molar-refractivity contribution in [1.29, 1.82) is 0 Å². The molecule has 2 N–H and O–H groups in total. The minimum absolute atomic E-state index is 0.0166. The molecule has 6 nitrogen and oxygen atoms in total. The molecule has 0 radical (unpaired) electrons. The first-order valence-electron chi connectivity index (χ1n) is 3.93. The molecule has 6 heteroatoms. The van der Waals surface area contributed by atoms with Gasteiger partial charge >= 0.3 is 12.0 Å². The van der Waals surface area contributed by atoms with Crippen LogP contribution in [0.5, 0.6) is 0 Å². The van der Waals surface area contributed by atoms with Crippen LogP contribution >= 0.6 is 0 Å². The van der Waals surface area contributed by atoms with Crippen LogP contribution in [0.2, 0.25) is 0 Å². The van der Waals surface area contributed by atoms with Gasteiger partial charge in [-0.15, -0.1) is 0 Å². The summed E-state index contributed by atoms with van der Waals surface area (Å²) in [7, 11) is 1.41. The number of ether oxygens (including phenoxy) is 1. The average molecular weight is 188 g/mol. The van der Waals surface area contributed by atoms with Gasteiger partial charge in [0, 0.05) is 20.2 Å². The molecule has 2 amide bonds. The molecule has 0 aromatic rings. The van der Waals surface area contributed by atoms with Crippen molar-refractivity contribution < 1.29 is 19.4 Å². The molecule has 1 atom stereocenters. The zero-order chi connectivity index (χ0) is 9.84. The third-order valence-corrected chi connectivity index (χ3v) is 1.88. The number of methoxy groups -OCH3 is 1. The molecule has 1 rings (SSSR count). The van der Waals surface area contributed by atoms with Gasteiger partial charge in [0.15, 0.2) is 6.04 Å². The van der Waals surface area contributed by atoms with Gasteiger partial charge in [-0.1, -0.05) is 0 Å². The lowest BCUT2D eigenvalue weighted by atomic mass is 10.3. The molecule has 0 aromatic carbocycles. The van der Waals surface area contributed by atoms with Gasteiger partial charge in [-0.25, -0.2) is 9.59 Å². The van der Waals surface area contributed by atoms with Gasteiger partial charge in [0.2, 0.25) is 0 Å². The van der Waals surface area contributed by atoms with E-state index >= 15 is 0 Å². The number of hydrogen-bond acceptors (Lipinski definition) is 3. The van der Waals surface area contributed by atoms with Crippen LogP contribution in [0.15, 0.2) is 0 Å². The van der Waals surface area contributed by atoms with E-state index < -0.39 is 12.0 Å². The van der Waals surface area contributed by atoms with Crippen molar-refractivity contribution >= 4 is 12.0 Å². The molecular formula is C7H12N2O4. The van der Waals surface area contributed by atoms with Crippen molar-refractivity contribution in [2.24, 2.45) is 0 Å². The van der Waals surface area contributed by atoms with Gasteiger partial charge in [0.1, 0.15) is 0 Å². The summed E-state index contributed by atoms with van der Waals surface area (Å²) in [5, 5.41) is 11.3. The molecule has 1 saturated heterocycles. The Labute approximate surface area is 75.5 Å². The Balaban J connectivity index is 2.63. The van der Waals surface area contributed by atoms with E-state index in [9.17, 15) is 9.59 Å². The number of aliphatic carboxylic acids is 1. The normalized spacial score (nSPS) is 18.5. The van der Waals surface area contributed by atoms with Crippen LogP contribution in [-0.4, -0.2) is 54.9 Å². The predicted molar refractivity (Wildman–Crippen MR) is 43.4 cm³/mol. The van der Waals surface area contributed by atoms with E-state index in [2.05, 4.69) is 5.32 Å². The van der Waals surface area contributed by atoms with Crippen LogP contribution in [0.3, 0.4) is 0 Å². The van der Waals surface area contributed by atoms with Crippen molar-refractivity contribution in [2.75, 3.05) is 26.8 Å². The number of nitrogens with zero attached hydrogens (tertiary/aromatic N) is 1. The molecule has 1 fully saturated rings. The smallest absolute Gasteiger partial charge is 0.328 e. The molecule has 0 aromatic heterocycles. The summed E-state index contributed by atoms with van der Waals surface area (Å²) in [6, 6.07) is -1.23. The number of amides is 2. The molecule has 0 bridgehead atoms. The maximum atomic E-state index is 11.1. The second kappa shape index (κ2) is 4.08. The summed E-state index contributed by atoms with van der Waals surface area (Å²) in [6.07, 6.45) is 0. The maximum absolute atomic E-state index is 11.1. The lowest BCUT2D eigenvalue weighted by Crippen LogP contribution is -2.45. The summed E-state index contributed by atoms with van der Waals surface area (Å²) in [5.41, 5.74) is 0. The number of rotatable bonds is 4. The number of hydrogen-bond donors (Lipinski definition) is 2. The van der Waals surface area contributed by atoms with E-state index in [1.165, 1.54) is 12.0 Å². The molecule has 1 aliphatic heterocycles. The summed E-state index contributed by atoms with van der Waals surface area (Å²) < 4.78 is 4.72. The molecule has 0 aliphatic carbocycles. The highest BCUT2D eigenvalue weighted by Gasteiger charge is 2.32. The Kier molecular flexibility index (Phi) is 3.07. The third kappa shape index (κ3) is 2.09. The number of carboxylic acid groups (broad SMARTS) is 1. The first-order valence-corrected chi connectivity index (χ1v) is 3.93. The van der Waals surface area contributed by atoms with Gasteiger partial charge in [0.25, 0.3) is 0 Å². The number of urea groups is 1. The molecule has 74 valence electrons. The zero-order valence-electron chi connectivity index (χ0n) is 7.32. The van der Waals surface area contributed by atoms with Crippen LogP contribution in [0.4, 0.5) is 4.79 Å². The maximum Gasteiger partial charge on any atom is 0.328 e. The summed E-state index contributed by atoms with van der Waals surface area (Å²) in [6.45, 7) is 0.925. The summed E-state index contributed by atoms with van der Waals surface area (Å²) in [5.74, 6) is -1.04. The van der Waals surface area contributed by atoms with Gasteiger partial charge in [0.05, 0.1) is 6.61 Å². The first-order chi connectivity index (χ1) is 6.16. The standard InChI is InChI=1S/C7H12N2O4/c1-13-4-5(6(10)11)9-3-2-8-7(9)12/h5H,2-4H2,1H3,(H,8,12)(H,10,11). The number of carboxylic acids is 1. The van der Waals surface area contributed by atoms with E-state index in [4.69, 9.17) is 9.84 Å². The first kappa shape index (κ1) is 9.79. The van der Waals surface area contributed by atoms with Gasteiger partial charge in [-0.05, 0) is 0 Å². The van der Waals surface area contributed by atoms with Crippen molar-refractivity contribution in [2.45, 2.75) is 6.04 Å². The molecule has 1 heterocycles. The quantitative estimate of drug-likeness (QED) is 0.600. The highest BCUT2D eigenvalue weighted by Crippen LogP contribution is 2.05. The van der Waals surface area contributed by atoms with E-state index in [0.717, 1.165) is 0 Å². The van der Waals surface area contributed by atoms with Crippen molar-refractivity contribution in [3.05, 3.63) is 0 Å². The van der Waals surface area contributed by atoms with Gasteiger partial charge in [-0.2, -0.15) is 0 Å². The van der Waals surface area contributed by atoms with Gasteiger partial charge in [-0.3, -0.25) is 0 Å². The topological polar surface area (TPSA) is 78.9 Å². The second-order valence-electron chi connectivity index (χ2n) is 2.73. The van der Waals surface area contributed by atoms with E-state index in [1.807, 2.05) is 0 Å².